The van der Waals surface area contributed by atoms with Crippen LogP contribution in [0, 0.1) is 0 Å². The summed E-state index contributed by atoms with van der Waals surface area (Å²) >= 11 is 0. The minimum Gasteiger partial charge on any atom is -0.425 e. The van der Waals surface area contributed by atoms with Crippen LogP contribution in [0.2, 0.25) is 0 Å². The van der Waals surface area contributed by atoms with Crippen LogP contribution in [-0.2, 0) is 9.59 Å². The van der Waals surface area contributed by atoms with Crippen LogP contribution in [0.1, 0.15) is 13.8 Å². The quantitative estimate of drug-likeness (QED) is 0.512. The number of nitrogens with two attached hydrogens (primary N) is 2. The maximum absolute atomic E-state index is 11.0. The molecule has 2 aromatic rings. The van der Waals surface area contributed by atoms with Crippen molar-refractivity contribution in [1.29, 1.82) is 0 Å². The first-order chi connectivity index (χ1) is 10.4. The number of carbonyl (C=O) groups excluding carboxylic acids is 2. The van der Waals surface area contributed by atoms with Gasteiger partial charge in [-0.05, 0) is 35.4 Å². The second-order valence-electron chi connectivity index (χ2n) is 4.69. The van der Waals surface area contributed by atoms with Crippen molar-refractivity contribution >= 4 is 23.3 Å². The first kappa shape index (κ1) is 15.4. The van der Waals surface area contributed by atoms with E-state index in [9.17, 15) is 9.59 Å². The second-order valence-corrected chi connectivity index (χ2v) is 4.69. The molecule has 0 fully saturated rings. The molecular formula is C16H16N2O4. The lowest BCUT2D eigenvalue weighted by molar-refractivity contribution is -0.132. The Balaban J connectivity index is 2.32. The molecule has 4 N–H and O–H groups in total. The van der Waals surface area contributed by atoms with E-state index in [0.717, 1.165) is 11.1 Å². The molecule has 0 saturated carbocycles. The molecule has 6 heteroatoms. The van der Waals surface area contributed by atoms with E-state index in [0.29, 0.717) is 22.9 Å². The Kier molecular flexibility index (Phi) is 4.31. The van der Waals surface area contributed by atoms with E-state index in [1.54, 1.807) is 36.4 Å². The predicted octanol–water partition coefficient (Wildman–Crippen LogP) is 2.37. The van der Waals surface area contributed by atoms with E-state index in [1.165, 1.54) is 13.8 Å². The van der Waals surface area contributed by atoms with Gasteiger partial charge in [0.05, 0.1) is 11.4 Å². The number of benzene rings is 2. The summed E-state index contributed by atoms with van der Waals surface area (Å²) < 4.78 is 9.95. The number of nitrogen functional groups attached to an aromatic ring is 2. The van der Waals surface area contributed by atoms with Gasteiger partial charge in [0, 0.05) is 13.8 Å². The molecule has 0 heterocycles. The molecule has 0 aliphatic heterocycles. The Hall–Kier alpha value is -3.02. The fraction of sp³-hybridized carbons (Fsp3) is 0.125. The number of esters is 2. The summed E-state index contributed by atoms with van der Waals surface area (Å²) in [5, 5.41) is 0. The lowest BCUT2D eigenvalue weighted by atomic mass is 10.0. The van der Waals surface area contributed by atoms with Crippen molar-refractivity contribution in [3.05, 3.63) is 36.4 Å². The van der Waals surface area contributed by atoms with E-state index in [2.05, 4.69) is 0 Å². The van der Waals surface area contributed by atoms with Crippen LogP contribution in [0.15, 0.2) is 36.4 Å². The van der Waals surface area contributed by atoms with Gasteiger partial charge < -0.3 is 20.9 Å². The highest BCUT2D eigenvalue weighted by atomic mass is 16.5. The maximum atomic E-state index is 11.0. The van der Waals surface area contributed by atoms with Gasteiger partial charge in [0.25, 0.3) is 0 Å². The van der Waals surface area contributed by atoms with Crippen molar-refractivity contribution in [2.75, 3.05) is 11.5 Å². The molecule has 2 rings (SSSR count). The summed E-state index contributed by atoms with van der Waals surface area (Å²) in [5.74, 6) is -0.259. The summed E-state index contributed by atoms with van der Waals surface area (Å²) in [5.41, 5.74) is 14.0. The van der Waals surface area contributed by atoms with E-state index >= 15 is 0 Å². The third kappa shape index (κ3) is 3.54. The summed E-state index contributed by atoms with van der Waals surface area (Å²) in [6, 6.07) is 10.1. The first-order valence-electron chi connectivity index (χ1n) is 6.53. The van der Waals surface area contributed by atoms with Crippen molar-refractivity contribution in [2.45, 2.75) is 13.8 Å². The van der Waals surface area contributed by atoms with E-state index in [1.807, 2.05) is 0 Å². The monoisotopic (exact) mass is 300 g/mol. The molecule has 0 radical (unpaired) electrons. The molecule has 0 saturated heterocycles. The summed E-state index contributed by atoms with van der Waals surface area (Å²) in [6.45, 7) is 2.61. The SMILES string of the molecule is CC(=O)Oc1ccc(-c2ccc(OC(C)=O)c(N)c2)cc1N. The molecule has 0 aromatic heterocycles. The topological polar surface area (TPSA) is 105 Å². The molecule has 114 valence electrons. The summed E-state index contributed by atoms with van der Waals surface area (Å²) in [7, 11) is 0. The molecule has 0 aliphatic rings. The van der Waals surface area contributed by atoms with Crippen LogP contribution in [0.25, 0.3) is 11.1 Å². The number of carbonyl (C=O) groups is 2. The van der Waals surface area contributed by atoms with Gasteiger partial charge in [0.1, 0.15) is 0 Å². The van der Waals surface area contributed by atoms with E-state index < -0.39 is 11.9 Å². The van der Waals surface area contributed by atoms with Crippen molar-refractivity contribution in [3.63, 3.8) is 0 Å². The molecule has 0 spiro atoms. The van der Waals surface area contributed by atoms with Crippen molar-refractivity contribution in [2.24, 2.45) is 0 Å². The van der Waals surface area contributed by atoms with E-state index in [-0.39, 0.29) is 0 Å². The molecule has 0 bridgehead atoms. The molecular weight excluding hydrogens is 284 g/mol. The number of rotatable bonds is 3. The minimum atomic E-state index is -0.436. The zero-order valence-corrected chi connectivity index (χ0v) is 12.3. The highest BCUT2D eigenvalue weighted by molar-refractivity contribution is 5.78. The minimum absolute atomic E-state index is 0.306. The van der Waals surface area contributed by atoms with Crippen LogP contribution in [0.3, 0.4) is 0 Å². The van der Waals surface area contributed by atoms with Crippen LogP contribution in [-0.4, -0.2) is 11.9 Å². The molecule has 0 amide bonds. The van der Waals surface area contributed by atoms with Gasteiger partial charge in [-0.15, -0.1) is 0 Å². The standard InChI is InChI=1S/C16H16N2O4/c1-9(19)21-15-5-3-11(7-13(15)17)12-4-6-16(14(18)8-12)22-10(2)20/h3-8H,17-18H2,1-2H3. The zero-order valence-electron chi connectivity index (χ0n) is 12.3. The fourth-order valence-electron chi connectivity index (χ4n) is 1.95. The molecule has 6 nitrogen and oxygen atoms in total. The average Bonchev–Trinajstić information content (AvgIpc) is 2.42. The van der Waals surface area contributed by atoms with Gasteiger partial charge in [-0.25, -0.2) is 0 Å². The summed E-state index contributed by atoms with van der Waals surface area (Å²) in [4.78, 5) is 21.9. The molecule has 2 aromatic carbocycles. The van der Waals surface area contributed by atoms with Gasteiger partial charge in [0.2, 0.25) is 0 Å². The smallest absolute Gasteiger partial charge is 0.308 e. The Morgan fingerprint density at radius 1 is 0.773 bits per heavy atom. The van der Waals surface area contributed by atoms with Crippen LogP contribution in [0.5, 0.6) is 11.5 Å². The summed E-state index contributed by atoms with van der Waals surface area (Å²) in [6.07, 6.45) is 0. The Bertz CT molecular complexity index is 677. The Labute approximate surface area is 127 Å². The highest BCUT2D eigenvalue weighted by Crippen LogP contribution is 2.32. The average molecular weight is 300 g/mol. The zero-order chi connectivity index (χ0) is 16.3. The Morgan fingerprint density at radius 2 is 1.14 bits per heavy atom. The molecule has 22 heavy (non-hydrogen) atoms. The third-order valence-corrected chi connectivity index (χ3v) is 2.86. The van der Waals surface area contributed by atoms with Crippen LogP contribution >= 0.6 is 0 Å². The van der Waals surface area contributed by atoms with Gasteiger partial charge in [0.15, 0.2) is 11.5 Å². The lowest BCUT2D eigenvalue weighted by Crippen LogP contribution is -2.04. The molecule has 0 atom stereocenters. The van der Waals surface area contributed by atoms with Gasteiger partial charge in [-0.1, -0.05) is 12.1 Å². The number of ether oxygens (including phenoxy) is 2. The van der Waals surface area contributed by atoms with Crippen molar-refractivity contribution in [3.8, 4) is 22.6 Å². The highest BCUT2D eigenvalue weighted by Gasteiger charge is 2.09. The molecule has 0 aliphatic carbocycles. The van der Waals surface area contributed by atoms with Crippen molar-refractivity contribution < 1.29 is 19.1 Å². The Morgan fingerprint density at radius 3 is 1.41 bits per heavy atom. The molecule has 0 unspecified atom stereocenters. The van der Waals surface area contributed by atoms with Crippen LogP contribution < -0.4 is 20.9 Å². The first-order valence-corrected chi connectivity index (χ1v) is 6.53. The lowest BCUT2D eigenvalue weighted by Gasteiger charge is -2.10. The van der Waals surface area contributed by atoms with Gasteiger partial charge in [-0.2, -0.15) is 0 Å². The van der Waals surface area contributed by atoms with Gasteiger partial charge >= 0.3 is 11.9 Å². The second kappa shape index (κ2) is 6.17. The third-order valence-electron chi connectivity index (χ3n) is 2.86. The number of hydrogen-bond acceptors (Lipinski definition) is 6. The fourth-order valence-corrected chi connectivity index (χ4v) is 1.95. The number of anilines is 2. The van der Waals surface area contributed by atoms with Crippen LogP contribution in [0.4, 0.5) is 11.4 Å². The van der Waals surface area contributed by atoms with E-state index in [4.69, 9.17) is 20.9 Å². The maximum Gasteiger partial charge on any atom is 0.308 e. The van der Waals surface area contributed by atoms with Gasteiger partial charge in [-0.3, -0.25) is 9.59 Å². The normalized spacial score (nSPS) is 10.1. The largest absolute Gasteiger partial charge is 0.425 e. The number of hydrogen-bond donors (Lipinski definition) is 2. The predicted molar refractivity (Wildman–Crippen MR) is 83.3 cm³/mol. The van der Waals surface area contributed by atoms with Crippen molar-refractivity contribution in [1.82, 2.24) is 0 Å².